The van der Waals surface area contributed by atoms with Crippen LogP contribution in [0.4, 0.5) is 11.5 Å². The molecule has 1 aliphatic rings. The van der Waals surface area contributed by atoms with E-state index in [1.54, 1.807) is 14.0 Å². The predicted molar refractivity (Wildman–Crippen MR) is 57.9 cm³/mol. The topological polar surface area (TPSA) is 90.0 Å². The second-order valence-corrected chi connectivity index (χ2v) is 5.78. The third-order valence-electron chi connectivity index (χ3n) is 2.47. The van der Waals surface area contributed by atoms with Crippen molar-refractivity contribution in [3.63, 3.8) is 0 Å². The van der Waals surface area contributed by atoms with Crippen LogP contribution in [0.1, 0.15) is 18.5 Å². The number of aryl methyl sites for hydroxylation is 2. The normalized spacial score (nSPS) is 16.7. The molecule has 3 N–H and O–H groups in total. The molecule has 1 aromatic rings. The number of anilines is 2. The fourth-order valence-corrected chi connectivity index (χ4v) is 2.83. The molecule has 6 nitrogen and oxygen atoms in total. The quantitative estimate of drug-likeness (QED) is 0.777. The number of hydrogen-bond donors (Lipinski definition) is 2. The molecule has 0 spiro atoms. The van der Waals surface area contributed by atoms with Crippen LogP contribution in [0.15, 0.2) is 0 Å². The van der Waals surface area contributed by atoms with Crippen LogP contribution in [-0.2, 0) is 17.1 Å². The van der Waals surface area contributed by atoms with E-state index >= 15 is 0 Å². The highest BCUT2D eigenvalue weighted by Crippen LogP contribution is 2.31. The molecule has 0 aliphatic heterocycles. The van der Waals surface area contributed by atoms with E-state index in [2.05, 4.69) is 9.82 Å². The van der Waals surface area contributed by atoms with Crippen molar-refractivity contribution in [3.8, 4) is 0 Å². The minimum Gasteiger partial charge on any atom is -0.394 e. The van der Waals surface area contributed by atoms with Gasteiger partial charge in [-0.25, -0.2) is 13.1 Å². The van der Waals surface area contributed by atoms with Crippen LogP contribution in [0.5, 0.6) is 0 Å². The molecule has 0 amide bonds. The third-order valence-corrected chi connectivity index (χ3v) is 4.30. The first-order chi connectivity index (χ1) is 6.92. The molecule has 1 heterocycles. The fraction of sp³-hybridized carbons (Fsp3) is 0.625. The molecule has 1 aromatic heterocycles. The van der Waals surface area contributed by atoms with Crippen molar-refractivity contribution in [1.29, 1.82) is 0 Å². The molecule has 0 aromatic carbocycles. The van der Waals surface area contributed by atoms with Crippen LogP contribution in [0.3, 0.4) is 0 Å². The van der Waals surface area contributed by atoms with Gasteiger partial charge in [-0.2, -0.15) is 5.10 Å². The average molecular weight is 230 g/mol. The highest BCUT2D eigenvalue weighted by molar-refractivity contribution is 7.93. The van der Waals surface area contributed by atoms with E-state index in [0.29, 0.717) is 17.2 Å². The third kappa shape index (κ3) is 1.79. The van der Waals surface area contributed by atoms with Gasteiger partial charge in [0.25, 0.3) is 0 Å². The van der Waals surface area contributed by atoms with Crippen LogP contribution < -0.4 is 10.5 Å². The van der Waals surface area contributed by atoms with E-state index in [0.717, 1.165) is 12.8 Å². The zero-order valence-corrected chi connectivity index (χ0v) is 9.50. The molecular formula is C8H14N4O2S. The molecule has 2 rings (SSSR count). The SMILES string of the molecule is Cc1nn(C)c(NS(=O)(=O)C2CC2)c1N. The van der Waals surface area contributed by atoms with E-state index in [1.807, 2.05) is 0 Å². The summed E-state index contributed by atoms with van der Waals surface area (Å²) in [6.07, 6.45) is 1.46. The molecule has 0 bridgehead atoms. The Bertz CT molecular complexity index is 487. The lowest BCUT2D eigenvalue weighted by atomic mass is 10.4. The summed E-state index contributed by atoms with van der Waals surface area (Å²) in [5.41, 5.74) is 6.74. The molecule has 0 radical (unpaired) electrons. The van der Waals surface area contributed by atoms with Gasteiger partial charge in [-0.3, -0.25) is 4.72 Å². The van der Waals surface area contributed by atoms with Gasteiger partial charge < -0.3 is 5.73 Å². The molecule has 1 aliphatic carbocycles. The molecule has 15 heavy (non-hydrogen) atoms. The largest absolute Gasteiger partial charge is 0.394 e. The van der Waals surface area contributed by atoms with Gasteiger partial charge in [0.2, 0.25) is 10.0 Å². The van der Waals surface area contributed by atoms with Crippen LogP contribution in [0, 0.1) is 6.92 Å². The number of rotatable bonds is 3. The average Bonchev–Trinajstić information content (AvgIpc) is 2.92. The maximum Gasteiger partial charge on any atom is 0.236 e. The number of sulfonamides is 1. The number of nitrogen functional groups attached to an aromatic ring is 1. The van der Waals surface area contributed by atoms with Crippen molar-refractivity contribution < 1.29 is 8.42 Å². The van der Waals surface area contributed by atoms with Crippen molar-refractivity contribution in [2.24, 2.45) is 7.05 Å². The Labute approximate surface area is 88.5 Å². The Kier molecular flexibility index (Phi) is 2.14. The molecule has 84 valence electrons. The minimum absolute atomic E-state index is 0.257. The first-order valence-corrected chi connectivity index (χ1v) is 6.27. The summed E-state index contributed by atoms with van der Waals surface area (Å²) >= 11 is 0. The fourth-order valence-electron chi connectivity index (χ4n) is 1.39. The first-order valence-electron chi connectivity index (χ1n) is 4.72. The van der Waals surface area contributed by atoms with E-state index in [1.165, 1.54) is 4.68 Å². The number of aromatic nitrogens is 2. The van der Waals surface area contributed by atoms with Gasteiger partial charge in [0.1, 0.15) is 0 Å². The number of nitrogens with one attached hydrogen (secondary N) is 1. The Morgan fingerprint density at radius 1 is 1.53 bits per heavy atom. The summed E-state index contributed by atoms with van der Waals surface area (Å²) in [7, 11) is -1.60. The highest BCUT2D eigenvalue weighted by Gasteiger charge is 2.36. The van der Waals surface area contributed by atoms with Gasteiger partial charge in [-0.15, -0.1) is 0 Å². The maximum absolute atomic E-state index is 11.7. The van der Waals surface area contributed by atoms with Gasteiger partial charge in [-0.1, -0.05) is 0 Å². The molecule has 0 atom stereocenters. The van der Waals surface area contributed by atoms with Gasteiger partial charge >= 0.3 is 0 Å². The van der Waals surface area contributed by atoms with Crippen molar-refractivity contribution in [2.45, 2.75) is 25.0 Å². The molecule has 7 heteroatoms. The van der Waals surface area contributed by atoms with Gasteiger partial charge in [-0.05, 0) is 19.8 Å². The van der Waals surface area contributed by atoms with Gasteiger partial charge in [0.15, 0.2) is 5.82 Å². The number of nitrogens with zero attached hydrogens (tertiary/aromatic N) is 2. The monoisotopic (exact) mass is 230 g/mol. The zero-order valence-electron chi connectivity index (χ0n) is 8.69. The van der Waals surface area contributed by atoms with E-state index < -0.39 is 10.0 Å². The van der Waals surface area contributed by atoms with E-state index in [4.69, 9.17) is 5.73 Å². The Morgan fingerprint density at radius 3 is 2.53 bits per heavy atom. The van der Waals surface area contributed by atoms with E-state index in [9.17, 15) is 8.42 Å². The molecule has 0 saturated heterocycles. The summed E-state index contributed by atoms with van der Waals surface area (Å²) in [6.45, 7) is 1.74. The lowest BCUT2D eigenvalue weighted by molar-refractivity contribution is 0.599. The zero-order chi connectivity index (χ0) is 11.2. The summed E-state index contributed by atoms with van der Waals surface area (Å²) in [5.74, 6) is 0.361. The predicted octanol–water partition coefficient (Wildman–Crippen LogP) is 0.215. The highest BCUT2D eigenvalue weighted by atomic mass is 32.2. The summed E-state index contributed by atoms with van der Waals surface area (Å²) < 4.78 is 27.3. The summed E-state index contributed by atoms with van der Waals surface area (Å²) in [6, 6.07) is 0. The van der Waals surface area contributed by atoms with Gasteiger partial charge in [0.05, 0.1) is 16.6 Å². The Hall–Kier alpha value is -1.24. The Balaban J connectivity index is 2.31. The second kappa shape index (κ2) is 3.13. The molecule has 1 fully saturated rings. The molecule has 0 unspecified atom stereocenters. The van der Waals surface area contributed by atoms with E-state index in [-0.39, 0.29) is 5.25 Å². The second-order valence-electron chi connectivity index (χ2n) is 3.82. The van der Waals surface area contributed by atoms with Crippen molar-refractivity contribution in [2.75, 3.05) is 10.5 Å². The van der Waals surface area contributed by atoms with Crippen LogP contribution in [-0.4, -0.2) is 23.4 Å². The smallest absolute Gasteiger partial charge is 0.236 e. The lowest BCUT2D eigenvalue weighted by Crippen LogP contribution is -2.20. The Morgan fingerprint density at radius 2 is 2.13 bits per heavy atom. The lowest BCUT2D eigenvalue weighted by Gasteiger charge is -2.07. The summed E-state index contributed by atoms with van der Waals surface area (Å²) in [4.78, 5) is 0. The van der Waals surface area contributed by atoms with Crippen molar-refractivity contribution >= 4 is 21.5 Å². The van der Waals surface area contributed by atoms with Crippen molar-refractivity contribution in [3.05, 3.63) is 5.69 Å². The van der Waals surface area contributed by atoms with Crippen LogP contribution in [0.25, 0.3) is 0 Å². The minimum atomic E-state index is -3.26. The van der Waals surface area contributed by atoms with Crippen LogP contribution >= 0.6 is 0 Å². The maximum atomic E-state index is 11.7. The molecule has 1 saturated carbocycles. The van der Waals surface area contributed by atoms with Crippen molar-refractivity contribution in [1.82, 2.24) is 9.78 Å². The number of hydrogen-bond acceptors (Lipinski definition) is 4. The standard InChI is InChI=1S/C8H14N4O2S/c1-5-7(9)8(12(2)10-5)11-15(13,14)6-3-4-6/h6,11H,3-4,9H2,1-2H3. The molecular weight excluding hydrogens is 216 g/mol. The van der Waals surface area contributed by atoms with Gasteiger partial charge in [0, 0.05) is 7.05 Å². The van der Waals surface area contributed by atoms with Crippen LogP contribution in [0.2, 0.25) is 0 Å². The summed E-state index contributed by atoms with van der Waals surface area (Å²) in [5, 5.41) is 3.78. The first kappa shape index (κ1) is 10.3. The number of nitrogens with two attached hydrogens (primary N) is 1.